The van der Waals surface area contributed by atoms with Gasteiger partial charge in [-0.05, 0) is 44.1 Å². The van der Waals surface area contributed by atoms with Gasteiger partial charge in [-0.1, -0.05) is 6.07 Å². The van der Waals surface area contributed by atoms with Gasteiger partial charge in [0.25, 0.3) is 5.91 Å². The zero-order chi connectivity index (χ0) is 18.9. The number of ether oxygens (including phenoxy) is 1. The largest absolute Gasteiger partial charge is 0.450 e. The van der Waals surface area contributed by atoms with Crippen LogP contribution in [0.5, 0.6) is 0 Å². The molecule has 2 rings (SSSR count). The highest BCUT2D eigenvalue weighted by Gasteiger charge is 2.28. The van der Waals surface area contributed by atoms with Gasteiger partial charge in [0.2, 0.25) is 5.91 Å². The number of amides is 3. The Bertz CT molecular complexity index is 606. The van der Waals surface area contributed by atoms with E-state index in [-0.39, 0.29) is 36.3 Å². The first-order valence-electron chi connectivity index (χ1n) is 9.04. The van der Waals surface area contributed by atoms with Gasteiger partial charge in [0, 0.05) is 32.1 Å². The molecule has 0 saturated carbocycles. The maximum atomic E-state index is 12.1. The van der Waals surface area contributed by atoms with Crippen LogP contribution >= 0.6 is 11.3 Å². The Labute approximate surface area is 158 Å². The maximum absolute atomic E-state index is 12.1. The molecule has 2 atom stereocenters. The Morgan fingerprint density at radius 3 is 2.92 bits per heavy atom. The summed E-state index contributed by atoms with van der Waals surface area (Å²) in [5, 5.41) is 7.57. The monoisotopic (exact) mass is 381 g/mol. The summed E-state index contributed by atoms with van der Waals surface area (Å²) in [6.45, 7) is 5.71. The van der Waals surface area contributed by atoms with Crippen LogP contribution in [0.2, 0.25) is 0 Å². The number of carbonyl (C=O) groups excluding carboxylic acids is 3. The topological polar surface area (TPSA) is 87.7 Å². The molecule has 1 saturated heterocycles. The summed E-state index contributed by atoms with van der Waals surface area (Å²) in [7, 11) is 0. The Balaban J connectivity index is 1.70. The zero-order valence-corrected chi connectivity index (χ0v) is 16.1. The van der Waals surface area contributed by atoms with E-state index in [0.717, 1.165) is 12.8 Å². The smallest absolute Gasteiger partial charge is 0.409 e. The third-order valence-corrected chi connectivity index (χ3v) is 5.33. The lowest BCUT2D eigenvalue weighted by atomic mass is 9.91. The Morgan fingerprint density at radius 1 is 1.42 bits per heavy atom. The molecule has 8 heteroatoms. The van der Waals surface area contributed by atoms with Crippen LogP contribution in [-0.2, 0) is 9.53 Å². The van der Waals surface area contributed by atoms with Crippen molar-refractivity contribution in [2.45, 2.75) is 39.2 Å². The molecule has 7 nitrogen and oxygen atoms in total. The number of rotatable bonds is 7. The van der Waals surface area contributed by atoms with Crippen LogP contribution in [0.1, 0.15) is 42.8 Å². The molecule has 0 aromatic carbocycles. The van der Waals surface area contributed by atoms with Crippen molar-refractivity contribution < 1.29 is 19.1 Å². The summed E-state index contributed by atoms with van der Waals surface area (Å²) in [4.78, 5) is 38.2. The minimum absolute atomic E-state index is 0.0345. The fraction of sp³-hybridized carbons (Fsp3) is 0.611. The van der Waals surface area contributed by atoms with Crippen molar-refractivity contribution in [2.24, 2.45) is 5.92 Å². The second-order valence-electron chi connectivity index (χ2n) is 6.39. The van der Waals surface area contributed by atoms with Gasteiger partial charge in [0.1, 0.15) is 0 Å². The maximum Gasteiger partial charge on any atom is 0.409 e. The van der Waals surface area contributed by atoms with Gasteiger partial charge in [-0.25, -0.2) is 4.79 Å². The molecule has 0 spiro atoms. The molecule has 26 heavy (non-hydrogen) atoms. The molecule has 1 aromatic rings. The van der Waals surface area contributed by atoms with E-state index in [1.54, 1.807) is 17.9 Å². The first-order chi connectivity index (χ1) is 12.5. The average molecular weight is 381 g/mol. The van der Waals surface area contributed by atoms with Crippen LogP contribution in [0.15, 0.2) is 17.5 Å². The van der Waals surface area contributed by atoms with Crippen LogP contribution in [0, 0.1) is 5.92 Å². The zero-order valence-electron chi connectivity index (χ0n) is 15.3. The second kappa shape index (κ2) is 10.2. The quantitative estimate of drug-likeness (QED) is 0.758. The highest BCUT2D eigenvalue weighted by atomic mass is 32.1. The molecule has 3 amide bonds. The molecule has 1 aliphatic heterocycles. The first kappa shape index (κ1) is 20.2. The van der Waals surface area contributed by atoms with Crippen LogP contribution in [0.25, 0.3) is 0 Å². The number of carbonyl (C=O) groups is 3. The lowest BCUT2D eigenvalue weighted by Crippen LogP contribution is -2.48. The van der Waals surface area contributed by atoms with Gasteiger partial charge in [-0.15, -0.1) is 11.3 Å². The Hall–Kier alpha value is -2.09. The molecular formula is C18H27N3O4S. The molecule has 2 heterocycles. The van der Waals surface area contributed by atoms with E-state index in [4.69, 9.17) is 4.74 Å². The number of nitrogens with zero attached hydrogens (tertiary/aromatic N) is 1. The van der Waals surface area contributed by atoms with Gasteiger partial charge >= 0.3 is 6.09 Å². The van der Waals surface area contributed by atoms with Crippen LogP contribution in [0.3, 0.4) is 0 Å². The van der Waals surface area contributed by atoms with Crippen molar-refractivity contribution in [1.82, 2.24) is 15.5 Å². The summed E-state index contributed by atoms with van der Waals surface area (Å²) in [6.07, 6.45) is 1.81. The van der Waals surface area contributed by atoms with Gasteiger partial charge in [0.05, 0.1) is 11.5 Å². The predicted molar refractivity (Wildman–Crippen MR) is 100 cm³/mol. The molecule has 0 aliphatic carbocycles. The first-order valence-corrected chi connectivity index (χ1v) is 9.92. The van der Waals surface area contributed by atoms with E-state index < -0.39 is 0 Å². The Kier molecular flexibility index (Phi) is 7.90. The molecular weight excluding hydrogens is 354 g/mol. The van der Waals surface area contributed by atoms with Crippen molar-refractivity contribution in [3.8, 4) is 0 Å². The molecule has 2 N–H and O–H groups in total. The highest BCUT2D eigenvalue weighted by Crippen LogP contribution is 2.20. The summed E-state index contributed by atoms with van der Waals surface area (Å²) >= 11 is 1.37. The number of nitrogens with one attached hydrogen (secondary N) is 2. The lowest BCUT2D eigenvalue weighted by molar-refractivity contribution is -0.122. The summed E-state index contributed by atoms with van der Waals surface area (Å²) < 4.78 is 5.06. The fourth-order valence-corrected chi connectivity index (χ4v) is 3.67. The van der Waals surface area contributed by atoms with Crippen molar-refractivity contribution >= 4 is 29.2 Å². The van der Waals surface area contributed by atoms with E-state index in [1.807, 2.05) is 18.4 Å². The molecule has 144 valence electrons. The van der Waals surface area contributed by atoms with Gasteiger partial charge in [-0.3, -0.25) is 9.59 Å². The standard InChI is InChI=1S/C18H27N3O4S/c1-3-25-18(24)21-10-4-6-14(12-21)13(2)20-16(22)8-9-19-17(23)15-7-5-11-26-15/h5,7,11,13-14H,3-4,6,8-10,12H2,1-2H3,(H,19,23)(H,20,22)/t13-,14+/m1/s1. The SMILES string of the molecule is CCOC(=O)N1CCC[C@H]([C@@H](C)NC(=O)CCNC(=O)c2cccs2)C1. The van der Waals surface area contributed by atoms with Crippen LogP contribution < -0.4 is 10.6 Å². The normalized spacial score (nSPS) is 18.1. The average Bonchev–Trinajstić information content (AvgIpc) is 3.16. The predicted octanol–water partition coefficient (Wildman–Crippen LogP) is 2.24. The minimum atomic E-state index is -0.285. The molecule has 0 bridgehead atoms. The van der Waals surface area contributed by atoms with Gasteiger partial charge in [0.15, 0.2) is 0 Å². The number of piperidine rings is 1. The third kappa shape index (κ3) is 6.01. The molecule has 0 unspecified atom stereocenters. The van der Waals surface area contributed by atoms with E-state index >= 15 is 0 Å². The number of thiophene rings is 1. The molecule has 1 fully saturated rings. The van der Waals surface area contributed by atoms with E-state index in [2.05, 4.69) is 10.6 Å². The van der Waals surface area contributed by atoms with E-state index in [9.17, 15) is 14.4 Å². The minimum Gasteiger partial charge on any atom is -0.450 e. The van der Waals surface area contributed by atoms with Crippen molar-refractivity contribution in [3.63, 3.8) is 0 Å². The van der Waals surface area contributed by atoms with E-state index in [0.29, 0.717) is 31.1 Å². The second-order valence-corrected chi connectivity index (χ2v) is 7.33. The Morgan fingerprint density at radius 2 is 2.23 bits per heavy atom. The number of likely N-dealkylation sites (tertiary alicyclic amines) is 1. The molecule has 0 radical (unpaired) electrons. The molecule has 1 aromatic heterocycles. The number of hydrogen-bond acceptors (Lipinski definition) is 5. The molecule has 1 aliphatic rings. The fourth-order valence-electron chi connectivity index (χ4n) is 3.03. The lowest BCUT2D eigenvalue weighted by Gasteiger charge is -2.35. The van der Waals surface area contributed by atoms with Crippen LogP contribution in [-0.4, -0.2) is 55.1 Å². The van der Waals surface area contributed by atoms with Gasteiger partial charge < -0.3 is 20.3 Å². The van der Waals surface area contributed by atoms with E-state index in [1.165, 1.54) is 11.3 Å². The third-order valence-electron chi connectivity index (χ3n) is 4.46. The van der Waals surface area contributed by atoms with Crippen molar-refractivity contribution in [1.29, 1.82) is 0 Å². The summed E-state index contributed by atoms with van der Waals surface area (Å²) in [5.41, 5.74) is 0. The number of hydrogen-bond donors (Lipinski definition) is 2. The van der Waals surface area contributed by atoms with Crippen molar-refractivity contribution in [2.75, 3.05) is 26.2 Å². The summed E-state index contributed by atoms with van der Waals surface area (Å²) in [6, 6.07) is 3.53. The summed E-state index contributed by atoms with van der Waals surface area (Å²) in [5.74, 6) is -0.0479. The van der Waals surface area contributed by atoms with Gasteiger partial charge in [-0.2, -0.15) is 0 Å². The van der Waals surface area contributed by atoms with Crippen LogP contribution in [0.4, 0.5) is 4.79 Å². The van der Waals surface area contributed by atoms with Crippen molar-refractivity contribution in [3.05, 3.63) is 22.4 Å². The highest BCUT2D eigenvalue weighted by molar-refractivity contribution is 7.12.